The zero-order chi connectivity index (χ0) is 11.6. The van der Waals surface area contributed by atoms with Crippen molar-refractivity contribution in [2.75, 3.05) is 19.1 Å². The first-order valence-corrected chi connectivity index (χ1v) is 7.87. The molecule has 2 heteroatoms. The van der Waals surface area contributed by atoms with Crippen molar-refractivity contribution in [1.29, 1.82) is 0 Å². The van der Waals surface area contributed by atoms with Gasteiger partial charge in [0.1, 0.15) is 0 Å². The van der Waals surface area contributed by atoms with Crippen LogP contribution < -0.4 is 0 Å². The monoisotopic (exact) mass is 220 g/mol. The first-order chi connectivity index (χ1) is 6.06. The predicted octanol–water partition coefficient (Wildman–Crippen LogP) is 4.01. The fraction of sp³-hybridized carbons (Fsp3) is 1.00. The van der Waals surface area contributed by atoms with Gasteiger partial charge in [-0.1, -0.05) is 27.7 Å². The van der Waals surface area contributed by atoms with Gasteiger partial charge in [0.15, 0.2) is 0 Å². The van der Waals surface area contributed by atoms with E-state index in [1.165, 1.54) is 0 Å². The molecule has 88 valence electrons. The standard InChI is InChI=1S/C12H28OS/c1-9-10-13-12(5,6)14(7,8)11(2,3)4/h9-10H2,1-8H3. The molecule has 0 saturated heterocycles. The lowest BCUT2D eigenvalue weighted by atomic mass is 10.3. The molecule has 0 radical (unpaired) electrons. The van der Waals surface area contributed by atoms with Crippen molar-refractivity contribution in [3.05, 3.63) is 0 Å². The van der Waals surface area contributed by atoms with Crippen LogP contribution in [0.25, 0.3) is 0 Å². The van der Waals surface area contributed by atoms with Crippen molar-refractivity contribution in [2.45, 2.75) is 57.6 Å². The summed E-state index contributed by atoms with van der Waals surface area (Å²) in [6.07, 6.45) is 5.86. The molecule has 0 aliphatic carbocycles. The van der Waals surface area contributed by atoms with Gasteiger partial charge in [-0.2, -0.15) is 0 Å². The van der Waals surface area contributed by atoms with E-state index in [-0.39, 0.29) is 4.93 Å². The van der Waals surface area contributed by atoms with Crippen LogP contribution in [0.3, 0.4) is 0 Å². The Bertz CT molecular complexity index is 177. The molecule has 1 nitrogen and oxygen atoms in total. The van der Waals surface area contributed by atoms with Crippen LogP contribution in [0, 0.1) is 0 Å². The summed E-state index contributed by atoms with van der Waals surface area (Å²) in [5, 5.41) is 0. The summed E-state index contributed by atoms with van der Waals surface area (Å²) in [5.74, 6) is 0. The van der Waals surface area contributed by atoms with Crippen molar-refractivity contribution in [2.24, 2.45) is 0 Å². The normalized spacial score (nSPS) is 15.7. The Morgan fingerprint density at radius 2 is 1.43 bits per heavy atom. The Hall–Kier alpha value is 0.310. The Kier molecular flexibility index (Phi) is 4.54. The lowest BCUT2D eigenvalue weighted by Gasteiger charge is -2.55. The number of hydrogen-bond acceptors (Lipinski definition) is 1. The number of rotatable bonds is 4. The quantitative estimate of drug-likeness (QED) is 0.695. The minimum absolute atomic E-state index is 0.0151. The topological polar surface area (TPSA) is 9.23 Å². The smallest absolute Gasteiger partial charge is 0.0927 e. The Morgan fingerprint density at radius 1 is 1.00 bits per heavy atom. The van der Waals surface area contributed by atoms with E-state index in [1.54, 1.807) is 0 Å². The molecule has 0 spiro atoms. The highest BCUT2D eigenvalue weighted by atomic mass is 32.3. The van der Waals surface area contributed by atoms with E-state index < -0.39 is 10.0 Å². The van der Waals surface area contributed by atoms with Gasteiger partial charge in [-0.05, 0) is 37.5 Å². The highest BCUT2D eigenvalue weighted by Crippen LogP contribution is 2.62. The van der Waals surface area contributed by atoms with Crippen LogP contribution in [0.2, 0.25) is 0 Å². The average molecular weight is 220 g/mol. The third-order valence-electron chi connectivity index (χ3n) is 3.41. The largest absolute Gasteiger partial charge is 0.366 e. The summed E-state index contributed by atoms with van der Waals surface area (Å²) < 4.78 is 6.34. The molecule has 0 unspecified atom stereocenters. The Morgan fingerprint density at radius 3 is 1.71 bits per heavy atom. The molecule has 0 aromatic rings. The summed E-state index contributed by atoms with van der Waals surface area (Å²) in [7, 11) is -0.770. The molecule has 0 aromatic heterocycles. The van der Waals surface area contributed by atoms with Crippen LogP contribution >= 0.6 is 10.0 Å². The van der Waals surface area contributed by atoms with Crippen LogP contribution in [0.4, 0.5) is 0 Å². The van der Waals surface area contributed by atoms with Crippen molar-refractivity contribution in [3.8, 4) is 0 Å². The van der Waals surface area contributed by atoms with E-state index in [1.807, 2.05) is 0 Å². The zero-order valence-corrected chi connectivity index (χ0v) is 12.0. The van der Waals surface area contributed by atoms with Gasteiger partial charge >= 0.3 is 0 Å². The van der Waals surface area contributed by atoms with E-state index in [9.17, 15) is 0 Å². The lowest BCUT2D eigenvalue weighted by Crippen LogP contribution is -2.41. The molecule has 14 heavy (non-hydrogen) atoms. The SMILES string of the molecule is CCCOC(C)(C)S(C)(C)C(C)(C)C. The van der Waals surface area contributed by atoms with Gasteiger partial charge in [0.25, 0.3) is 0 Å². The second kappa shape index (κ2) is 4.44. The average Bonchev–Trinajstić information content (AvgIpc) is 1.98. The van der Waals surface area contributed by atoms with Crippen LogP contribution in [0.15, 0.2) is 0 Å². The molecule has 0 aliphatic heterocycles. The summed E-state index contributed by atoms with van der Waals surface area (Å²) in [6, 6.07) is 0. The van der Waals surface area contributed by atoms with E-state index in [0.717, 1.165) is 13.0 Å². The molecule has 0 aromatic carbocycles. The molecule has 0 saturated carbocycles. The molecule has 0 fully saturated rings. The molecule has 0 atom stereocenters. The minimum atomic E-state index is -0.770. The molecule has 0 N–H and O–H groups in total. The fourth-order valence-electron chi connectivity index (χ4n) is 1.23. The van der Waals surface area contributed by atoms with Gasteiger partial charge in [0.2, 0.25) is 0 Å². The summed E-state index contributed by atoms with van der Waals surface area (Å²) >= 11 is 0. The van der Waals surface area contributed by atoms with Crippen LogP contribution in [-0.2, 0) is 4.74 Å². The second-order valence-electron chi connectivity index (χ2n) is 5.69. The molecular formula is C12H28OS. The Labute approximate surface area is 91.9 Å². The molecule has 0 rings (SSSR count). The Balaban J connectivity index is 4.69. The highest BCUT2D eigenvalue weighted by molar-refractivity contribution is 8.34. The molecule has 0 amide bonds. The maximum atomic E-state index is 6.01. The first kappa shape index (κ1) is 14.3. The lowest BCUT2D eigenvalue weighted by molar-refractivity contribution is 0.0486. The third-order valence-corrected chi connectivity index (χ3v) is 9.05. The summed E-state index contributed by atoms with van der Waals surface area (Å²) in [5.41, 5.74) is 0. The van der Waals surface area contributed by atoms with Gasteiger partial charge in [0.05, 0.1) is 4.93 Å². The summed E-state index contributed by atoms with van der Waals surface area (Å²) in [4.78, 5) is 0.0151. The molecule has 0 aliphatic rings. The van der Waals surface area contributed by atoms with Gasteiger partial charge in [-0.3, -0.25) is 0 Å². The van der Waals surface area contributed by atoms with Gasteiger partial charge in [-0.25, -0.2) is 10.0 Å². The fourth-order valence-corrected chi connectivity index (χ4v) is 3.09. The summed E-state index contributed by atoms with van der Waals surface area (Å²) in [6.45, 7) is 14.5. The van der Waals surface area contributed by atoms with Crippen LogP contribution in [0.1, 0.15) is 48.0 Å². The van der Waals surface area contributed by atoms with Crippen molar-refractivity contribution < 1.29 is 4.74 Å². The molecule has 0 bridgehead atoms. The number of ether oxygens (including phenoxy) is 1. The minimum Gasteiger partial charge on any atom is -0.366 e. The second-order valence-corrected chi connectivity index (χ2v) is 10.5. The maximum Gasteiger partial charge on any atom is 0.0927 e. The van der Waals surface area contributed by atoms with Crippen LogP contribution in [0.5, 0.6) is 0 Å². The number of hydrogen-bond donors (Lipinski definition) is 0. The third kappa shape index (κ3) is 2.90. The van der Waals surface area contributed by atoms with Crippen LogP contribution in [-0.4, -0.2) is 28.8 Å². The van der Waals surface area contributed by atoms with E-state index in [0.29, 0.717) is 4.75 Å². The van der Waals surface area contributed by atoms with E-state index in [4.69, 9.17) is 4.74 Å². The van der Waals surface area contributed by atoms with E-state index in [2.05, 4.69) is 54.1 Å². The maximum absolute atomic E-state index is 6.01. The predicted molar refractivity (Wildman–Crippen MR) is 69.5 cm³/mol. The van der Waals surface area contributed by atoms with Crippen molar-refractivity contribution >= 4 is 10.0 Å². The molecule has 0 heterocycles. The van der Waals surface area contributed by atoms with E-state index >= 15 is 0 Å². The van der Waals surface area contributed by atoms with Gasteiger partial charge in [0, 0.05) is 6.61 Å². The van der Waals surface area contributed by atoms with Gasteiger partial charge < -0.3 is 4.74 Å². The first-order valence-electron chi connectivity index (χ1n) is 5.42. The molecular weight excluding hydrogens is 192 g/mol. The van der Waals surface area contributed by atoms with Crippen molar-refractivity contribution in [3.63, 3.8) is 0 Å². The van der Waals surface area contributed by atoms with Gasteiger partial charge in [-0.15, -0.1) is 0 Å². The highest BCUT2D eigenvalue weighted by Gasteiger charge is 2.41. The zero-order valence-electron chi connectivity index (χ0n) is 11.2. The van der Waals surface area contributed by atoms with Crippen molar-refractivity contribution in [1.82, 2.24) is 0 Å².